The third-order valence-electron chi connectivity index (χ3n) is 7.58. The molecule has 0 bridgehead atoms. The molecule has 3 amide bonds. The SMILES string of the molecule is CC1CCC2C(C1)C1C(C(=O)N(Cc3ccccc3)C(=O)N1Cc1ccccc1)N2C. The van der Waals surface area contributed by atoms with E-state index in [0.29, 0.717) is 31.0 Å². The van der Waals surface area contributed by atoms with Gasteiger partial charge in [0, 0.05) is 12.6 Å². The zero-order chi connectivity index (χ0) is 21.5. The number of hydrogen-bond acceptors (Lipinski definition) is 3. The molecule has 1 saturated carbocycles. The van der Waals surface area contributed by atoms with Gasteiger partial charge in [-0.25, -0.2) is 4.79 Å². The molecule has 162 valence electrons. The molecule has 31 heavy (non-hydrogen) atoms. The second-order valence-electron chi connectivity index (χ2n) is 9.56. The van der Waals surface area contributed by atoms with E-state index < -0.39 is 0 Å². The summed E-state index contributed by atoms with van der Waals surface area (Å²) in [6.45, 7) is 3.18. The molecule has 2 saturated heterocycles. The molecular formula is C26H31N3O2. The fourth-order valence-electron chi connectivity index (χ4n) is 6.09. The van der Waals surface area contributed by atoms with Gasteiger partial charge in [-0.2, -0.15) is 0 Å². The third kappa shape index (κ3) is 3.55. The number of benzene rings is 2. The number of rotatable bonds is 4. The van der Waals surface area contributed by atoms with E-state index in [-0.39, 0.29) is 24.0 Å². The maximum absolute atomic E-state index is 13.8. The summed E-state index contributed by atoms with van der Waals surface area (Å²) in [7, 11) is 2.09. The molecule has 2 aromatic carbocycles. The van der Waals surface area contributed by atoms with Gasteiger partial charge >= 0.3 is 6.03 Å². The molecule has 2 aromatic rings. The average molecular weight is 418 g/mol. The normalized spacial score (nSPS) is 31.0. The van der Waals surface area contributed by atoms with Crippen molar-refractivity contribution in [3.05, 3.63) is 71.8 Å². The van der Waals surface area contributed by atoms with Crippen molar-refractivity contribution in [1.82, 2.24) is 14.7 Å². The molecule has 0 radical (unpaired) electrons. The lowest BCUT2D eigenvalue weighted by Crippen LogP contribution is -2.65. The van der Waals surface area contributed by atoms with Crippen LogP contribution < -0.4 is 0 Å². The van der Waals surface area contributed by atoms with E-state index in [4.69, 9.17) is 0 Å². The molecule has 2 aliphatic heterocycles. The maximum atomic E-state index is 13.8. The molecule has 5 heteroatoms. The number of carbonyl (C=O) groups excluding carboxylic acids is 2. The van der Waals surface area contributed by atoms with Crippen LogP contribution in [-0.2, 0) is 17.9 Å². The van der Waals surface area contributed by atoms with Crippen LogP contribution in [0.1, 0.15) is 37.3 Å². The number of fused-ring (bicyclic) bond motifs is 3. The topological polar surface area (TPSA) is 43.9 Å². The van der Waals surface area contributed by atoms with Crippen molar-refractivity contribution in [2.24, 2.45) is 11.8 Å². The zero-order valence-electron chi connectivity index (χ0n) is 18.4. The van der Waals surface area contributed by atoms with E-state index in [0.717, 1.165) is 24.0 Å². The number of hydrogen-bond donors (Lipinski definition) is 0. The molecule has 0 aromatic heterocycles. The van der Waals surface area contributed by atoms with Crippen LogP contribution in [0.4, 0.5) is 4.79 Å². The van der Waals surface area contributed by atoms with Crippen molar-refractivity contribution in [3.63, 3.8) is 0 Å². The Labute approximate surface area is 184 Å². The molecule has 5 unspecified atom stereocenters. The molecule has 2 heterocycles. The molecule has 3 aliphatic rings. The van der Waals surface area contributed by atoms with Crippen molar-refractivity contribution in [2.75, 3.05) is 7.05 Å². The number of nitrogens with zero attached hydrogens (tertiary/aromatic N) is 3. The van der Waals surface area contributed by atoms with Gasteiger partial charge in [0.05, 0.1) is 12.6 Å². The van der Waals surface area contributed by atoms with E-state index in [1.54, 1.807) is 0 Å². The minimum Gasteiger partial charge on any atom is -0.315 e. The highest BCUT2D eigenvalue weighted by Crippen LogP contribution is 2.46. The van der Waals surface area contributed by atoms with Gasteiger partial charge in [-0.15, -0.1) is 0 Å². The highest BCUT2D eigenvalue weighted by atomic mass is 16.2. The Hall–Kier alpha value is -2.66. The Balaban J connectivity index is 1.52. The van der Waals surface area contributed by atoms with Crippen molar-refractivity contribution in [2.45, 2.75) is 57.4 Å². The van der Waals surface area contributed by atoms with E-state index in [9.17, 15) is 9.59 Å². The second-order valence-corrected chi connectivity index (χ2v) is 9.56. The molecule has 5 rings (SSSR count). The van der Waals surface area contributed by atoms with Crippen LogP contribution in [0.2, 0.25) is 0 Å². The van der Waals surface area contributed by atoms with E-state index >= 15 is 0 Å². The summed E-state index contributed by atoms with van der Waals surface area (Å²) in [4.78, 5) is 33.2. The molecule has 0 N–H and O–H groups in total. The summed E-state index contributed by atoms with van der Waals surface area (Å²) in [6, 6.07) is 19.9. The first-order chi connectivity index (χ1) is 15.0. The van der Waals surface area contributed by atoms with Crippen LogP contribution in [0.3, 0.4) is 0 Å². The highest BCUT2D eigenvalue weighted by molar-refractivity contribution is 6.00. The Morgan fingerprint density at radius 1 is 0.871 bits per heavy atom. The van der Waals surface area contributed by atoms with E-state index in [2.05, 4.69) is 31.0 Å². The smallest absolute Gasteiger partial charge is 0.315 e. The lowest BCUT2D eigenvalue weighted by molar-refractivity contribution is -0.139. The van der Waals surface area contributed by atoms with E-state index in [1.165, 1.54) is 11.3 Å². The molecule has 0 spiro atoms. The Bertz CT molecular complexity index is 948. The second kappa shape index (κ2) is 8.12. The summed E-state index contributed by atoms with van der Waals surface area (Å²) in [5.74, 6) is 0.960. The third-order valence-corrected chi connectivity index (χ3v) is 7.58. The Morgan fingerprint density at radius 3 is 2.13 bits per heavy atom. The largest absolute Gasteiger partial charge is 0.327 e. The number of carbonyl (C=O) groups is 2. The van der Waals surface area contributed by atoms with Gasteiger partial charge < -0.3 is 4.90 Å². The average Bonchev–Trinajstić information content (AvgIpc) is 3.07. The first-order valence-corrected chi connectivity index (χ1v) is 11.5. The molecule has 3 fully saturated rings. The summed E-state index contributed by atoms with van der Waals surface area (Å²) < 4.78 is 0. The van der Waals surface area contributed by atoms with Gasteiger partial charge in [0.25, 0.3) is 0 Å². The number of amides is 3. The van der Waals surface area contributed by atoms with Crippen LogP contribution in [0, 0.1) is 11.8 Å². The lowest BCUT2D eigenvalue weighted by atomic mass is 9.76. The zero-order valence-corrected chi connectivity index (χ0v) is 18.4. The van der Waals surface area contributed by atoms with Gasteiger partial charge in [-0.05, 0) is 49.3 Å². The predicted molar refractivity (Wildman–Crippen MR) is 120 cm³/mol. The molecule has 5 atom stereocenters. The van der Waals surface area contributed by atoms with Crippen LogP contribution in [0.5, 0.6) is 0 Å². The monoisotopic (exact) mass is 417 g/mol. The number of imide groups is 1. The molecule has 1 aliphatic carbocycles. The van der Waals surface area contributed by atoms with Crippen molar-refractivity contribution in [1.29, 1.82) is 0 Å². The quantitative estimate of drug-likeness (QED) is 0.751. The van der Waals surface area contributed by atoms with Gasteiger partial charge in [-0.1, -0.05) is 67.6 Å². The van der Waals surface area contributed by atoms with Crippen LogP contribution in [-0.4, -0.2) is 51.8 Å². The van der Waals surface area contributed by atoms with Crippen LogP contribution in [0.25, 0.3) is 0 Å². The first kappa shape index (κ1) is 20.3. The van der Waals surface area contributed by atoms with Gasteiger partial charge in [0.2, 0.25) is 5.91 Å². The van der Waals surface area contributed by atoms with E-state index in [1.807, 2.05) is 53.4 Å². The summed E-state index contributed by atoms with van der Waals surface area (Å²) in [5.41, 5.74) is 2.09. The summed E-state index contributed by atoms with van der Waals surface area (Å²) >= 11 is 0. The number of likely N-dealkylation sites (N-methyl/N-ethyl adjacent to an activating group) is 1. The lowest BCUT2D eigenvalue weighted by Gasteiger charge is -2.45. The minimum absolute atomic E-state index is 0.0345. The van der Waals surface area contributed by atoms with Crippen molar-refractivity contribution < 1.29 is 9.59 Å². The predicted octanol–water partition coefficient (Wildman–Crippen LogP) is 4.14. The fourth-order valence-corrected chi connectivity index (χ4v) is 6.09. The van der Waals surface area contributed by atoms with Crippen LogP contribution >= 0.6 is 0 Å². The molecular weight excluding hydrogens is 386 g/mol. The Kier molecular flexibility index (Phi) is 5.30. The van der Waals surface area contributed by atoms with Gasteiger partial charge in [-0.3, -0.25) is 14.6 Å². The summed E-state index contributed by atoms with van der Waals surface area (Å²) in [6.07, 6.45) is 3.38. The first-order valence-electron chi connectivity index (χ1n) is 11.5. The van der Waals surface area contributed by atoms with Crippen molar-refractivity contribution >= 4 is 11.9 Å². The maximum Gasteiger partial charge on any atom is 0.327 e. The van der Waals surface area contributed by atoms with Crippen LogP contribution in [0.15, 0.2) is 60.7 Å². The fraction of sp³-hybridized carbons (Fsp3) is 0.462. The standard InChI is InChI=1S/C26H31N3O2/c1-18-13-14-22-21(15-18)23-24(27(22)2)25(30)29(17-20-11-7-4-8-12-20)26(31)28(23)16-19-9-5-3-6-10-19/h3-12,18,21-24H,13-17H2,1-2H3. The highest BCUT2D eigenvalue weighted by Gasteiger charge is 2.59. The Morgan fingerprint density at radius 2 is 1.48 bits per heavy atom. The summed E-state index contributed by atoms with van der Waals surface area (Å²) in [5, 5.41) is 0. The van der Waals surface area contributed by atoms with Gasteiger partial charge in [0.15, 0.2) is 0 Å². The number of urea groups is 1. The molecule has 5 nitrogen and oxygen atoms in total. The van der Waals surface area contributed by atoms with Gasteiger partial charge in [0.1, 0.15) is 6.04 Å². The van der Waals surface area contributed by atoms with Crippen molar-refractivity contribution in [3.8, 4) is 0 Å². The minimum atomic E-state index is -0.259. The number of likely N-dealkylation sites (tertiary alicyclic amines) is 1.